The van der Waals surface area contributed by atoms with Crippen molar-refractivity contribution in [3.63, 3.8) is 0 Å². The number of aromatic nitrogens is 4. The molecule has 22 heavy (non-hydrogen) atoms. The van der Waals surface area contributed by atoms with Crippen LogP contribution in [0.15, 0.2) is 16.9 Å². The number of tetrazole rings is 1. The van der Waals surface area contributed by atoms with Gasteiger partial charge in [-0.05, 0) is 11.3 Å². The number of β-lactam (4-membered cyclic amide) rings is 1. The molecule has 0 spiro atoms. The van der Waals surface area contributed by atoms with Crippen LogP contribution in [0.2, 0.25) is 0 Å². The number of hydrogen-bond acceptors (Lipinski definition) is 7. The van der Waals surface area contributed by atoms with Gasteiger partial charge >= 0.3 is 5.97 Å². The fourth-order valence-electron chi connectivity index (χ4n) is 2.35. The zero-order chi connectivity index (χ0) is 15.7. The maximum atomic E-state index is 11.6. The predicted molar refractivity (Wildman–Crippen MR) is 79.6 cm³/mol. The third-order valence-electron chi connectivity index (χ3n) is 3.33. The molecule has 2 aliphatic heterocycles. The van der Waals surface area contributed by atoms with E-state index in [9.17, 15) is 14.7 Å². The molecule has 8 nitrogen and oxygen atoms in total. The second-order valence-electron chi connectivity index (χ2n) is 4.80. The lowest BCUT2D eigenvalue weighted by Crippen LogP contribution is -2.56. The van der Waals surface area contributed by atoms with E-state index in [2.05, 4.69) is 26.5 Å². The first-order valence-electron chi connectivity index (χ1n) is 6.30. The van der Waals surface area contributed by atoms with E-state index in [0.29, 0.717) is 23.8 Å². The molecule has 2 N–H and O–H groups in total. The van der Waals surface area contributed by atoms with E-state index < -0.39 is 10.7 Å². The monoisotopic (exact) mass is 337 g/mol. The first kappa shape index (κ1) is 14.9. The van der Waals surface area contributed by atoms with E-state index >= 15 is 0 Å². The molecule has 0 saturated carbocycles. The summed E-state index contributed by atoms with van der Waals surface area (Å²) in [5.74, 6) is 1.80. The van der Waals surface area contributed by atoms with Crippen LogP contribution in [-0.2, 0) is 9.59 Å². The van der Waals surface area contributed by atoms with Crippen LogP contribution in [0.4, 0.5) is 0 Å². The number of amides is 1. The standard InChI is InChI=1S/C12H11N5O3S2/c1-2-3-12(6-21-11-13-15-16-14-11)5-7(10(19)20)17-8(18)4-9(17)22-12/h1,5,9H,3-4,6H2,(H,19,20)(H,13,14,15,16)/t9-,12?/m1/s1. The Morgan fingerprint density at radius 2 is 2.55 bits per heavy atom. The van der Waals surface area contributed by atoms with E-state index in [-0.39, 0.29) is 17.0 Å². The van der Waals surface area contributed by atoms with Crippen molar-refractivity contribution >= 4 is 35.4 Å². The highest BCUT2D eigenvalue weighted by molar-refractivity contribution is 8.04. The number of rotatable bonds is 5. The SMILES string of the molecule is C#CCC1(CSc2nn[nH]n2)C=C(C(=O)O)N2C(=O)C[C@H]2S1. The fraction of sp³-hybridized carbons (Fsp3) is 0.417. The molecule has 0 aromatic carbocycles. The normalized spacial score (nSPS) is 26.7. The molecule has 1 fully saturated rings. The number of thioether (sulfide) groups is 2. The average Bonchev–Trinajstić information content (AvgIpc) is 2.97. The van der Waals surface area contributed by atoms with Gasteiger partial charge in [0.25, 0.3) is 0 Å². The van der Waals surface area contributed by atoms with Crippen molar-refractivity contribution in [1.29, 1.82) is 0 Å². The second-order valence-corrected chi connectivity index (χ2v) is 7.34. The summed E-state index contributed by atoms with van der Waals surface area (Å²) < 4.78 is -0.574. The van der Waals surface area contributed by atoms with Crippen molar-refractivity contribution in [3.05, 3.63) is 11.8 Å². The Bertz CT molecular complexity index is 683. The van der Waals surface area contributed by atoms with Crippen LogP contribution in [0.1, 0.15) is 12.8 Å². The summed E-state index contributed by atoms with van der Waals surface area (Å²) in [4.78, 5) is 24.4. The number of carbonyl (C=O) groups excluding carboxylic acids is 1. The van der Waals surface area contributed by atoms with Crippen LogP contribution in [0.3, 0.4) is 0 Å². The summed E-state index contributed by atoms with van der Waals surface area (Å²) in [6.45, 7) is 0. The summed E-state index contributed by atoms with van der Waals surface area (Å²) in [5.41, 5.74) is 0.00367. The van der Waals surface area contributed by atoms with E-state index in [4.69, 9.17) is 6.42 Å². The fourth-order valence-corrected chi connectivity index (χ4v) is 5.01. The summed E-state index contributed by atoms with van der Waals surface area (Å²) in [7, 11) is 0. The number of hydrogen-bond donors (Lipinski definition) is 2. The molecular formula is C12H11N5O3S2. The maximum absolute atomic E-state index is 11.6. The number of aromatic amines is 1. The number of carboxylic acids is 1. The Labute approximate surface area is 134 Å². The molecule has 0 aliphatic carbocycles. The topological polar surface area (TPSA) is 112 Å². The smallest absolute Gasteiger partial charge is 0.352 e. The van der Waals surface area contributed by atoms with Crippen LogP contribution in [0, 0.1) is 12.3 Å². The van der Waals surface area contributed by atoms with Crippen molar-refractivity contribution in [2.24, 2.45) is 0 Å². The van der Waals surface area contributed by atoms with Crippen LogP contribution < -0.4 is 0 Å². The largest absolute Gasteiger partial charge is 0.477 e. The Hall–Kier alpha value is -1.99. The molecule has 10 heteroatoms. The third-order valence-corrected chi connectivity index (χ3v) is 6.13. The summed E-state index contributed by atoms with van der Waals surface area (Å²) in [5, 5.41) is 23.2. The van der Waals surface area contributed by atoms with E-state index in [1.54, 1.807) is 6.08 Å². The van der Waals surface area contributed by atoms with Crippen molar-refractivity contribution < 1.29 is 14.7 Å². The minimum Gasteiger partial charge on any atom is -0.477 e. The predicted octanol–water partition coefficient (Wildman–Crippen LogP) is 0.328. The van der Waals surface area contributed by atoms with Gasteiger partial charge in [-0.25, -0.2) is 4.79 Å². The number of carbonyl (C=O) groups is 2. The van der Waals surface area contributed by atoms with Gasteiger partial charge in [0.05, 0.1) is 16.5 Å². The molecule has 1 unspecified atom stereocenters. The molecule has 114 valence electrons. The minimum atomic E-state index is -1.12. The number of carboxylic acid groups (broad SMARTS) is 1. The highest BCUT2D eigenvalue weighted by atomic mass is 32.2. The van der Waals surface area contributed by atoms with Gasteiger partial charge in [-0.1, -0.05) is 11.8 Å². The summed E-state index contributed by atoms with van der Waals surface area (Å²) >= 11 is 2.86. The molecule has 1 saturated heterocycles. The van der Waals surface area contributed by atoms with Crippen LogP contribution >= 0.6 is 23.5 Å². The zero-order valence-corrected chi connectivity index (χ0v) is 12.9. The number of H-pyrrole nitrogens is 1. The number of aliphatic carboxylic acids is 1. The van der Waals surface area contributed by atoms with E-state index in [0.717, 1.165) is 0 Å². The van der Waals surface area contributed by atoms with Gasteiger partial charge < -0.3 is 5.11 Å². The average molecular weight is 337 g/mol. The first-order chi connectivity index (χ1) is 10.5. The van der Waals surface area contributed by atoms with Crippen LogP contribution in [0.5, 0.6) is 0 Å². The van der Waals surface area contributed by atoms with Gasteiger partial charge in [0.15, 0.2) is 0 Å². The highest BCUT2D eigenvalue weighted by Crippen LogP contribution is 2.49. The lowest BCUT2D eigenvalue weighted by molar-refractivity contribution is -0.146. The number of terminal acetylenes is 1. The van der Waals surface area contributed by atoms with Gasteiger partial charge in [0, 0.05) is 12.2 Å². The Balaban J connectivity index is 1.88. The van der Waals surface area contributed by atoms with E-state index in [1.165, 1.54) is 28.4 Å². The molecule has 2 atom stereocenters. The summed E-state index contributed by atoms with van der Waals surface area (Å²) in [6, 6.07) is 0. The van der Waals surface area contributed by atoms with Crippen molar-refractivity contribution in [1.82, 2.24) is 25.5 Å². The lowest BCUT2D eigenvalue weighted by Gasteiger charge is -2.48. The maximum Gasteiger partial charge on any atom is 0.352 e. The molecule has 2 aliphatic rings. The van der Waals surface area contributed by atoms with Crippen LogP contribution in [-0.4, -0.2) is 58.4 Å². The Morgan fingerprint density at radius 3 is 3.14 bits per heavy atom. The quantitative estimate of drug-likeness (QED) is 0.449. The Kier molecular flexibility index (Phi) is 3.84. The van der Waals surface area contributed by atoms with Gasteiger partial charge in [-0.3, -0.25) is 9.69 Å². The van der Waals surface area contributed by atoms with Crippen molar-refractivity contribution in [3.8, 4) is 12.3 Å². The van der Waals surface area contributed by atoms with Gasteiger partial charge in [0.1, 0.15) is 5.70 Å². The van der Waals surface area contributed by atoms with Gasteiger partial charge in [-0.15, -0.1) is 34.3 Å². The molecule has 1 aromatic rings. The molecule has 0 radical (unpaired) electrons. The molecule has 1 amide bonds. The number of nitrogens with zero attached hydrogens (tertiary/aromatic N) is 4. The molecule has 0 bridgehead atoms. The number of nitrogens with one attached hydrogen (secondary N) is 1. The van der Waals surface area contributed by atoms with Crippen LogP contribution in [0.25, 0.3) is 0 Å². The first-order valence-corrected chi connectivity index (χ1v) is 8.17. The zero-order valence-electron chi connectivity index (χ0n) is 11.2. The minimum absolute atomic E-state index is 0.00367. The van der Waals surface area contributed by atoms with E-state index in [1.807, 2.05) is 0 Å². The molecule has 3 rings (SSSR count). The van der Waals surface area contributed by atoms with Gasteiger partial charge in [0.2, 0.25) is 11.1 Å². The summed E-state index contributed by atoms with van der Waals surface area (Å²) in [6.07, 6.45) is 7.73. The third kappa shape index (κ3) is 2.57. The highest BCUT2D eigenvalue weighted by Gasteiger charge is 2.50. The van der Waals surface area contributed by atoms with Gasteiger partial charge in [-0.2, -0.15) is 5.21 Å². The molecule has 3 heterocycles. The lowest BCUT2D eigenvalue weighted by atomic mass is 10.0. The number of fused-ring (bicyclic) bond motifs is 1. The van der Waals surface area contributed by atoms with Crippen molar-refractivity contribution in [2.45, 2.75) is 28.1 Å². The molecular weight excluding hydrogens is 326 g/mol. The second kappa shape index (κ2) is 5.66. The molecule has 1 aromatic heterocycles. The Morgan fingerprint density at radius 1 is 1.73 bits per heavy atom. The van der Waals surface area contributed by atoms with Crippen molar-refractivity contribution in [2.75, 3.05) is 5.75 Å².